The van der Waals surface area contributed by atoms with Gasteiger partial charge >= 0.3 is 12.0 Å². The average Bonchev–Trinajstić information content (AvgIpc) is 2.20. The first-order chi connectivity index (χ1) is 8.47. The van der Waals surface area contributed by atoms with Gasteiger partial charge in [0.05, 0.1) is 16.6 Å². The molecule has 2 N–H and O–H groups in total. The zero-order valence-electron chi connectivity index (χ0n) is 9.81. The summed E-state index contributed by atoms with van der Waals surface area (Å²) in [6, 6.07) is 5.01. The lowest BCUT2D eigenvalue weighted by atomic mass is 10.0. The molecule has 0 spiro atoms. The summed E-state index contributed by atoms with van der Waals surface area (Å²) in [5, 5.41) is 11.9. The highest BCUT2D eigenvalue weighted by molar-refractivity contribution is 6.33. The number of aryl methyl sites for hydroxylation is 1. The molecule has 0 atom stereocenters. The fraction of sp³-hybridized carbons (Fsp3) is 0.333. The molecule has 1 aliphatic heterocycles. The third-order valence-electron chi connectivity index (χ3n) is 2.88. The van der Waals surface area contributed by atoms with Crippen molar-refractivity contribution < 1.29 is 14.7 Å². The van der Waals surface area contributed by atoms with E-state index in [2.05, 4.69) is 5.32 Å². The number of anilines is 1. The van der Waals surface area contributed by atoms with Gasteiger partial charge in [-0.2, -0.15) is 0 Å². The van der Waals surface area contributed by atoms with Gasteiger partial charge in [-0.25, -0.2) is 4.79 Å². The second-order valence-electron chi connectivity index (χ2n) is 4.35. The maximum absolute atomic E-state index is 11.8. The molecule has 1 aromatic rings. The monoisotopic (exact) mass is 268 g/mol. The largest absolute Gasteiger partial charge is 0.481 e. The van der Waals surface area contributed by atoms with E-state index in [-0.39, 0.29) is 19.1 Å². The van der Waals surface area contributed by atoms with Crippen molar-refractivity contribution in [2.24, 2.45) is 5.92 Å². The minimum Gasteiger partial charge on any atom is -0.481 e. The Morgan fingerprint density at radius 1 is 1.44 bits per heavy atom. The number of likely N-dealkylation sites (tertiary alicyclic amines) is 1. The molecule has 1 aromatic carbocycles. The van der Waals surface area contributed by atoms with Gasteiger partial charge in [-0.05, 0) is 24.6 Å². The number of amides is 2. The summed E-state index contributed by atoms with van der Waals surface area (Å²) in [5.41, 5.74) is 1.53. The molecule has 0 saturated carbocycles. The van der Waals surface area contributed by atoms with Crippen LogP contribution in [0.2, 0.25) is 5.02 Å². The number of carbonyl (C=O) groups is 2. The Hall–Kier alpha value is -1.75. The summed E-state index contributed by atoms with van der Waals surface area (Å²) in [6.45, 7) is 2.38. The van der Waals surface area contributed by atoms with Crippen LogP contribution < -0.4 is 5.32 Å². The lowest BCUT2D eigenvalue weighted by molar-refractivity contribution is -0.145. The molecule has 5 nitrogen and oxygen atoms in total. The van der Waals surface area contributed by atoms with Crippen LogP contribution in [0.5, 0.6) is 0 Å². The Bertz CT molecular complexity index is 498. The first-order valence-corrected chi connectivity index (χ1v) is 5.90. The zero-order valence-corrected chi connectivity index (χ0v) is 10.6. The minimum absolute atomic E-state index is 0.241. The van der Waals surface area contributed by atoms with Gasteiger partial charge in [-0.1, -0.05) is 17.7 Å². The Kier molecular flexibility index (Phi) is 3.43. The predicted octanol–water partition coefficient (Wildman–Crippen LogP) is 2.20. The Labute approximate surface area is 109 Å². The molecular weight excluding hydrogens is 256 g/mol. The van der Waals surface area contributed by atoms with Gasteiger partial charge < -0.3 is 15.3 Å². The summed E-state index contributed by atoms with van der Waals surface area (Å²) >= 11 is 5.96. The van der Waals surface area contributed by atoms with Crippen molar-refractivity contribution in [1.29, 1.82) is 0 Å². The molecule has 1 fully saturated rings. The predicted molar refractivity (Wildman–Crippen MR) is 67.9 cm³/mol. The van der Waals surface area contributed by atoms with Crippen molar-refractivity contribution >= 4 is 29.3 Å². The van der Waals surface area contributed by atoms with E-state index in [9.17, 15) is 9.59 Å². The minimum atomic E-state index is -0.868. The number of nitrogens with one attached hydrogen (secondary N) is 1. The SMILES string of the molecule is Cc1ccc(Cl)c(NC(=O)N2CC(C(=O)O)C2)c1. The third kappa shape index (κ3) is 2.56. The highest BCUT2D eigenvalue weighted by Gasteiger charge is 2.35. The van der Waals surface area contributed by atoms with Crippen LogP contribution in [-0.2, 0) is 4.79 Å². The topological polar surface area (TPSA) is 69.6 Å². The maximum Gasteiger partial charge on any atom is 0.321 e. The number of hydrogen-bond donors (Lipinski definition) is 2. The van der Waals surface area contributed by atoms with Crippen LogP contribution in [-0.4, -0.2) is 35.1 Å². The van der Waals surface area contributed by atoms with E-state index in [1.807, 2.05) is 13.0 Å². The molecule has 96 valence electrons. The molecule has 1 saturated heterocycles. The maximum atomic E-state index is 11.8. The standard InChI is InChI=1S/C12H13ClN2O3/c1-7-2-3-9(13)10(4-7)14-12(18)15-5-8(6-15)11(16)17/h2-4,8H,5-6H2,1H3,(H,14,18)(H,16,17). The van der Waals surface area contributed by atoms with Crippen molar-refractivity contribution in [1.82, 2.24) is 4.90 Å². The Morgan fingerprint density at radius 2 is 2.11 bits per heavy atom. The van der Waals surface area contributed by atoms with Crippen LogP contribution in [0.15, 0.2) is 18.2 Å². The molecule has 1 aliphatic rings. The molecule has 1 heterocycles. The van der Waals surface area contributed by atoms with E-state index in [4.69, 9.17) is 16.7 Å². The second-order valence-corrected chi connectivity index (χ2v) is 4.76. The fourth-order valence-electron chi connectivity index (χ4n) is 1.73. The van der Waals surface area contributed by atoms with Crippen molar-refractivity contribution in [2.75, 3.05) is 18.4 Å². The van der Waals surface area contributed by atoms with E-state index >= 15 is 0 Å². The van der Waals surface area contributed by atoms with E-state index in [1.165, 1.54) is 4.90 Å². The van der Waals surface area contributed by atoms with Crippen molar-refractivity contribution in [3.63, 3.8) is 0 Å². The first-order valence-electron chi connectivity index (χ1n) is 5.52. The zero-order chi connectivity index (χ0) is 13.3. The van der Waals surface area contributed by atoms with Crippen molar-refractivity contribution in [2.45, 2.75) is 6.92 Å². The highest BCUT2D eigenvalue weighted by Crippen LogP contribution is 2.24. The number of benzene rings is 1. The smallest absolute Gasteiger partial charge is 0.321 e. The summed E-state index contributed by atoms with van der Waals surface area (Å²) in [4.78, 5) is 23.9. The van der Waals surface area contributed by atoms with Gasteiger partial charge in [0.1, 0.15) is 0 Å². The number of aliphatic carboxylic acids is 1. The highest BCUT2D eigenvalue weighted by atomic mass is 35.5. The van der Waals surface area contributed by atoms with Crippen molar-refractivity contribution in [3.8, 4) is 0 Å². The van der Waals surface area contributed by atoms with Crippen LogP contribution in [0.25, 0.3) is 0 Å². The van der Waals surface area contributed by atoms with Crippen LogP contribution in [0.4, 0.5) is 10.5 Å². The van der Waals surface area contributed by atoms with E-state index in [0.29, 0.717) is 10.7 Å². The summed E-state index contributed by atoms with van der Waals surface area (Å²) < 4.78 is 0. The number of rotatable bonds is 2. The van der Waals surface area contributed by atoms with E-state index in [0.717, 1.165) is 5.56 Å². The van der Waals surface area contributed by atoms with E-state index < -0.39 is 11.9 Å². The fourth-order valence-corrected chi connectivity index (χ4v) is 1.89. The van der Waals surface area contributed by atoms with Crippen molar-refractivity contribution in [3.05, 3.63) is 28.8 Å². The van der Waals surface area contributed by atoms with Gasteiger partial charge in [0, 0.05) is 13.1 Å². The number of urea groups is 1. The summed E-state index contributed by atoms with van der Waals surface area (Å²) in [7, 11) is 0. The van der Waals surface area contributed by atoms with Gasteiger partial charge in [0.15, 0.2) is 0 Å². The molecule has 18 heavy (non-hydrogen) atoms. The Balaban J connectivity index is 1.96. The number of nitrogens with zero attached hydrogens (tertiary/aromatic N) is 1. The summed E-state index contributed by atoms with van der Waals surface area (Å²) in [5.74, 6) is -1.32. The number of hydrogen-bond acceptors (Lipinski definition) is 2. The average molecular weight is 269 g/mol. The quantitative estimate of drug-likeness (QED) is 0.864. The van der Waals surface area contributed by atoms with Crippen LogP contribution in [0.1, 0.15) is 5.56 Å². The second kappa shape index (κ2) is 4.86. The molecule has 6 heteroatoms. The number of carboxylic acids is 1. The molecule has 0 radical (unpaired) electrons. The van der Waals surface area contributed by atoms with Crippen LogP contribution in [0.3, 0.4) is 0 Å². The number of carbonyl (C=O) groups excluding carboxylic acids is 1. The third-order valence-corrected chi connectivity index (χ3v) is 3.21. The normalized spacial score (nSPS) is 15.1. The molecule has 0 unspecified atom stereocenters. The van der Waals surface area contributed by atoms with Crippen LogP contribution in [0, 0.1) is 12.8 Å². The van der Waals surface area contributed by atoms with Gasteiger partial charge in [0.25, 0.3) is 0 Å². The van der Waals surface area contributed by atoms with E-state index in [1.54, 1.807) is 12.1 Å². The Morgan fingerprint density at radius 3 is 2.72 bits per heavy atom. The summed E-state index contributed by atoms with van der Waals surface area (Å²) in [6.07, 6.45) is 0. The molecule has 0 aromatic heterocycles. The molecule has 2 amide bonds. The lowest BCUT2D eigenvalue weighted by Crippen LogP contribution is -2.54. The molecular formula is C12H13ClN2O3. The van der Waals surface area contributed by atoms with Gasteiger partial charge in [0.2, 0.25) is 0 Å². The van der Waals surface area contributed by atoms with Gasteiger partial charge in [-0.3, -0.25) is 4.79 Å². The van der Waals surface area contributed by atoms with Crippen LogP contribution >= 0.6 is 11.6 Å². The molecule has 0 aliphatic carbocycles. The number of halogens is 1. The first kappa shape index (κ1) is 12.7. The molecule has 0 bridgehead atoms. The molecule has 2 rings (SSSR count). The number of carboxylic acid groups (broad SMARTS) is 1. The lowest BCUT2D eigenvalue weighted by Gasteiger charge is -2.36. The van der Waals surface area contributed by atoms with Gasteiger partial charge in [-0.15, -0.1) is 0 Å².